The SMILES string of the molecule is Cc1cccc(Nc2ccccc2C(=O)[O-])c1C.Cc1cccc(Nc2ccccc2C(=O)[O-])c1C.[Mn+2]. The summed E-state index contributed by atoms with van der Waals surface area (Å²) in [6.07, 6.45) is 0. The molecule has 0 aliphatic rings. The first-order valence-electron chi connectivity index (χ1n) is 11.5. The molecule has 0 aliphatic heterocycles. The van der Waals surface area contributed by atoms with Gasteiger partial charge >= 0.3 is 17.1 Å². The fourth-order valence-corrected chi connectivity index (χ4v) is 3.60. The molecule has 4 aromatic rings. The second-order valence-electron chi connectivity index (χ2n) is 8.41. The van der Waals surface area contributed by atoms with Crippen molar-refractivity contribution in [2.24, 2.45) is 0 Å². The molecule has 0 atom stereocenters. The number of hydrogen-bond acceptors (Lipinski definition) is 6. The van der Waals surface area contributed by atoms with Crippen LogP contribution >= 0.6 is 0 Å². The summed E-state index contributed by atoms with van der Waals surface area (Å²) in [7, 11) is 0. The fourth-order valence-electron chi connectivity index (χ4n) is 3.60. The van der Waals surface area contributed by atoms with Crippen molar-refractivity contribution in [3.63, 3.8) is 0 Å². The minimum Gasteiger partial charge on any atom is -0.545 e. The van der Waals surface area contributed by atoms with Gasteiger partial charge in [-0.25, -0.2) is 0 Å². The van der Waals surface area contributed by atoms with E-state index in [-0.39, 0.29) is 28.2 Å². The third-order valence-electron chi connectivity index (χ3n) is 6.04. The Morgan fingerprint density at radius 1 is 0.514 bits per heavy atom. The minimum absolute atomic E-state index is 0. The van der Waals surface area contributed by atoms with E-state index in [9.17, 15) is 19.8 Å². The first-order valence-corrected chi connectivity index (χ1v) is 11.5. The van der Waals surface area contributed by atoms with Crippen molar-refractivity contribution in [2.45, 2.75) is 27.7 Å². The molecular weight excluding hydrogens is 507 g/mol. The van der Waals surface area contributed by atoms with E-state index in [0.717, 1.165) is 33.6 Å². The maximum atomic E-state index is 11.0. The number of aryl methyl sites for hydroxylation is 2. The Bertz CT molecular complexity index is 1300. The van der Waals surface area contributed by atoms with Gasteiger partial charge in [0.2, 0.25) is 0 Å². The molecule has 0 aliphatic carbocycles. The molecule has 0 aromatic heterocycles. The zero-order valence-corrected chi connectivity index (χ0v) is 22.3. The monoisotopic (exact) mass is 535 g/mol. The van der Waals surface area contributed by atoms with Crippen molar-refractivity contribution in [1.82, 2.24) is 0 Å². The van der Waals surface area contributed by atoms with E-state index in [1.165, 1.54) is 12.1 Å². The van der Waals surface area contributed by atoms with E-state index in [0.29, 0.717) is 11.4 Å². The first-order chi connectivity index (χ1) is 17.2. The average Bonchev–Trinajstić information content (AvgIpc) is 2.86. The van der Waals surface area contributed by atoms with Gasteiger partial charge in [-0.3, -0.25) is 0 Å². The molecule has 0 heterocycles. The summed E-state index contributed by atoms with van der Waals surface area (Å²) >= 11 is 0. The van der Waals surface area contributed by atoms with E-state index in [1.54, 1.807) is 36.4 Å². The van der Waals surface area contributed by atoms with Gasteiger partial charge in [-0.05, 0) is 74.2 Å². The van der Waals surface area contributed by atoms with Crippen LogP contribution in [0.2, 0.25) is 0 Å². The number of anilines is 4. The summed E-state index contributed by atoms with van der Waals surface area (Å²) in [4.78, 5) is 22.0. The summed E-state index contributed by atoms with van der Waals surface area (Å²) in [6, 6.07) is 25.2. The molecule has 0 saturated carbocycles. The largest absolute Gasteiger partial charge is 2.00 e. The Hall–Kier alpha value is -4.06. The summed E-state index contributed by atoms with van der Waals surface area (Å²) in [6.45, 7) is 8.04. The second-order valence-corrected chi connectivity index (χ2v) is 8.41. The van der Waals surface area contributed by atoms with Crippen LogP contribution in [0.25, 0.3) is 0 Å². The van der Waals surface area contributed by atoms with Crippen LogP contribution in [-0.4, -0.2) is 11.9 Å². The maximum Gasteiger partial charge on any atom is 2.00 e. The number of nitrogens with one attached hydrogen (secondary N) is 2. The smallest absolute Gasteiger partial charge is 0.545 e. The van der Waals surface area contributed by atoms with Gasteiger partial charge in [0.15, 0.2) is 0 Å². The Morgan fingerprint density at radius 3 is 1.19 bits per heavy atom. The van der Waals surface area contributed by atoms with Crippen LogP contribution < -0.4 is 20.8 Å². The summed E-state index contributed by atoms with van der Waals surface area (Å²) in [5.74, 6) is -2.35. The number of carboxylic acid groups (broad SMARTS) is 2. The van der Waals surface area contributed by atoms with E-state index in [2.05, 4.69) is 10.6 Å². The molecule has 4 rings (SSSR count). The molecule has 6 nitrogen and oxygen atoms in total. The minimum atomic E-state index is -1.18. The zero-order valence-electron chi connectivity index (χ0n) is 21.1. The molecule has 1 radical (unpaired) electrons. The summed E-state index contributed by atoms with van der Waals surface area (Å²) in [5, 5.41) is 28.3. The Morgan fingerprint density at radius 2 is 0.838 bits per heavy atom. The van der Waals surface area contributed by atoms with Crippen LogP contribution in [0.15, 0.2) is 84.9 Å². The number of carbonyl (C=O) groups is 2. The first kappa shape index (κ1) is 29.2. The normalized spacial score (nSPS) is 9.84. The van der Waals surface area contributed by atoms with Gasteiger partial charge in [0.25, 0.3) is 0 Å². The molecule has 189 valence electrons. The van der Waals surface area contributed by atoms with Crippen LogP contribution in [0.3, 0.4) is 0 Å². The van der Waals surface area contributed by atoms with Gasteiger partial charge in [-0.15, -0.1) is 0 Å². The molecule has 2 N–H and O–H groups in total. The van der Waals surface area contributed by atoms with Crippen molar-refractivity contribution in [3.05, 3.63) is 118 Å². The quantitative estimate of drug-likeness (QED) is 0.343. The molecule has 0 fully saturated rings. The van der Waals surface area contributed by atoms with E-state index in [4.69, 9.17) is 0 Å². The van der Waals surface area contributed by atoms with Gasteiger partial charge in [0.05, 0.1) is 11.9 Å². The molecular formula is C30H28MnN2O4. The van der Waals surface area contributed by atoms with Crippen LogP contribution in [0.1, 0.15) is 43.0 Å². The van der Waals surface area contributed by atoms with Crippen LogP contribution in [0.4, 0.5) is 22.7 Å². The molecule has 0 bridgehead atoms. The van der Waals surface area contributed by atoms with Crippen molar-refractivity contribution in [2.75, 3.05) is 10.6 Å². The number of benzene rings is 4. The standard InChI is InChI=1S/2C15H15NO2.Mn/c2*1-10-6-5-9-13(11(10)2)16-14-8-4-3-7-12(14)15(17)18;/h2*3-9,16H,1-2H3,(H,17,18);/q;;+2/p-2. The predicted octanol–water partition coefficient (Wildman–Crippen LogP) is 4.82. The van der Waals surface area contributed by atoms with E-state index in [1.807, 2.05) is 64.1 Å². The molecule has 0 unspecified atom stereocenters. The Labute approximate surface area is 227 Å². The number of aromatic carboxylic acids is 2. The Kier molecular flexibility index (Phi) is 10.5. The number of rotatable bonds is 6. The summed E-state index contributed by atoms with van der Waals surface area (Å²) < 4.78 is 0. The summed E-state index contributed by atoms with van der Waals surface area (Å²) in [5.41, 5.74) is 7.76. The third kappa shape index (κ3) is 7.46. The topological polar surface area (TPSA) is 104 Å². The van der Waals surface area contributed by atoms with Crippen molar-refractivity contribution < 1.29 is 36.9 Å². The van der Waals surface area contributed by atoms with E-state index < -0.39 is 11.9 Å². The van der Waals surface area contributed by atoms with Gasteiger partial charge in [-0.1, -0.05) is 60.7 Å². The van der Waals surface area contributed by atoms with Gasteiger partial charge in [0, 0.05) is 33.9 Å². The molecule has 4 aromatic carbocycles. The van der Waals surface area contributed by atoms with Crippen LogP contribution in [0, 0.1) is 27.7 Å². The molecule has 0 spiro atoms. The molecule has 0 saturated heterocycles. The van der Waals surface area contributed by atoms with Crippen molar-refractivity contribution in [3.8, 4) is 0 Å². The maximum absolute atomic E-state index is 11.0. The number of para-hydroxylation sites is 2. The van der Waals surface area contributed by atoms with E-state index >= 15 is 0 Å². The van der Waals surface area contributed by atoms with Gasteiger partial charge in [-0.2, -0.15) is 0 Å². The van der Waals surface area contributed by atoms with Crippen molar-refractivity contribution >= 4 is 34.7 Å². The number of carboxylic acids is 2. The van der Waals surface area contributed by atoms with Gasteiger partial charge < -0.3 is 30.4 Å². The van der Waals surface area contributed by atoms with Crippen LogP contribution in [-0.2, 0) is 17.1 Å². The van der Waals surface area contributed by atoms with Crippen LogP contribution in [0.5, 0.6) is 0 Å². The zero-order chi connectivity index (χ0) is 26.2. The second kappa shape index (κ2) is 13.3. The third-order valence-corrected chi connectivity index (χ3v) is 6.04. The number of hydrogen-bond donors (Lipinski definition) is 2. The molecule has 7 heteroatoms. The van der Waals surface area contributed by atoms with Gasteiger partial charge in [0.1, 0.15) is 0 Å². The fraction of sp³-hybridized carbons (Fsp3) is 0.133. The van der Waals surface area contributed by atoms with Crippen molar-refractivity contribution in [1.29, 1.82) is 0 Å². The number of carbonyl (C=O) groups excluding carboxylic acids is 2. The molecule has 0 amide bonds. The molecule has 37 heavy (non-hydrogen) atoms. The predicted molar refractivity (Wildman–Crippen MR) is 140 cm³/mol. The Balaban J connectivity index is 0.000000253. The average molecular weight is 536 g/mol.